The van der Waals surface area contributed by atoms with E-state index in [9.17, 15) is 9.59 Å². The first kappa shape index (κ1) is 26.8. The molecule has 0 bridgehead atoms. The lowest BCUT2D eigenvalue weighted by atomic mass is 9.71. The highest BCUT2D eigenvalue weighted by Gasteiger charge is 2.47. The van der Waals surface area contributed by atoms with E-state index in [0.29, 0.717) is 18.9 Å². The van der Waals surface area contributed by atoms with Gasteiger partial charge < -0.3 is 15.0 Å². The molecule has 3 aromatic rings. The van der Waals surface area contributed by atoms with Gasteiger partial charge in [0.2, 0.25) is 0 Å². The topological polar surface area (TPSA) is 87.7 Å². The Balaban J connectivity index is 1.52. The summed E-state index contributed by atoms with van der Waals surface area (Å²) in [6, 6.07) is 9.36. The monoisotopic (exact) mass is 555 g/mol. The summed E-state index contributed by atoms with van der Waals surface area (Å²) in [5, 5.41) is 2.91. The first-order valence-electron chi connectivity index (χ1n) is 12.5. The second-order valence-electron chi connectivity index (χ2n) is 10.9. The van der Waals surface area contributed by atoms with Crippen molar-refractivity contribution in [3.8, 4) is 0 Å². The fraction of sp³-hybridized carbons (Fsp3) is 0.357. The van der Waals surface area contributed by atoms with Crippen LogP contribution < -0.4 is 10.2 Å². The summed E-state index contributed by atoms with van der Waals surface area (Å²) in [4.78, 5) is 37.2. The lowest BCUT2D eigenvalue weighted by molar-refractivity contribution is 0.0104. The van der Waals surface area contributed by atoms with Gasteiger partial charge in [-0.15, -0.1) is 0 Å². The van der Waals surface area contributed by atoms with Crippen molar-refractivity contribution in [3.05, 3.63) is 82.1 Å². The van der Waals surface area contributed by atoms with E-state index < -0.39 is 34.7 Å². The molecule has 2 amide bonds. The zero-order valence-electron chi connectivity index (χ0n) is 22.0. The maximum atomic E-state index is 16.3. The predicted molar refractivity (Wildman–Crippen MR) is 143 cm³/mol. The van der Waals surface area contributed by atoms with Gasteiger partial charge >= 0.3 is 6.09 Å². The largest absolute Gasteiger partial charge is 0.444 e. The number of hydrogen-bond donors (Lipinski definition) is 1. The van der Waals surface area contributed by atoms with Crippen LogP contribution in [0.15, 0.2) is 48.8 Å². The SMILES string of the molecule is CC(C)(C)OC(=O)N1CC(Nc2ncc3c(c2F)[C@@](C)(c2cccc(Cl)c2F)CN(c2ccccn2)C3=O)C1. The molecule has 2 aliphatic heterocycles. The number of carbonyl (C=O) groups is 2. The Morgan fingerprint density at radius 3 is 2.54 bits per heavy atom. The van der Waals surface area contributed by atoms with Crippen LogP contribution in [0, 0.1) is 11.6 Å². The van der Waals surface area contributed by atoms with Gasteiger partial charge in [0.1, 0.15) is 17.2 Å². The van der Waals surface area contributed by atoms with Gasteiger partial charge in [0.05, 0.1) is 16.6 Å². The van der Waals surface area contributed by atoms with Crippen LogP contribution in [0.25, 0.3) is 0 Å². The number of ether oxygens (including phenoxy) is 1. The fourth-order valence-electron chi connectivity index (χ4n) is 4.99. The lowest BCUT2D eigenvalue weighted by Crippen LogP contribution is -2.58. The van der Waals surface area contributed by atoms with Crippen molar-refractivity contribution in [1.29, 1.82) is 0 Å². The molecule has 5 rings (SSSR count). The maximum Gasteiger partial charge on any atom is 0.410 e. The number of halogens is 3. The third-order valence-electron chi connectivity index (χ3n) is 6.87. The quantitative estimate of drug-likeness (QED) is 0.463. The van der Waals surface area contributed by atoms with Gasteiger partial charge in [-0.05, 0) is 45.9 Å². The number of amides is 2. The van der Waals surface area contributed by atoms with Crippen LogP contribution in [-0.2, 0) is 10.2 Å². The zero-order valence-corrected chi connectivity index (χ0v) is 22.7. The number of nitrogens with zero attached hydrogens (tertiary/aromatic N) is 4. The molecule has 0 radical (unpaired) electrons. The van der Waals surface area contributed by atoms with Crippen LogP contribution in [0.4, 0.5) is 25.2 Å². The molecule has 1 atom stereocenters. The molecule has 204 valence electrons. The summed E-state index contributed by atoms with van der Waals surface area (Å²) in [6.07, 6.45) is 2.38. The van der Waals surface area contributed by atoms with Gasteiger partial charge in [-0.2, -0.15) is 0 Å². The van der Waals surface area contributed by atoms with Crippen LogP contribution in [0.1, 0.15) is 49.2 Å². The average Bonchev–Trinajstić information content (AvgIpc) is 2.85. The number of rotatable bonds is 4. The smallest absolute Gasteiger partial charge is 0.410 e. The molecule has 8 nitrogen and oxygen atoms in total. The third kappa shape index (κ3) is 4.89. The van der Waals surface area contributed by atoms with E-state index in [0.717, 1.165) is 0 Å². The second kappa shape index (κ2) is 9.75. The molecule has 1 N–H and O–H groups in total. The van der Waals surface area contributed by atoms with E-state index in [-0.39, 0.29) is 40.1 Å². The maximum absolute atomic E-state index is 16.3. The van der Waals surface area contributed by atoms with Gasteiger partial charge in [-0.3, -0.25) is 9.69 Å². The molecular formula is C28H28ClF2N5O3. The molecule has 2 aliphatic rings. The van der Waals surface area contributed by atoms with Gasteiger partial charge in [0.25, 0.3) is 5.91 Å². The first-order chi connectivity index (χ1) is 18.4. The molecule has 1 aromatic carbocycles. The summed E-state index contributed by atoms with van der Waals surface area (Å²) < 4.78 is 37.1. The third-order valence-corrected chi connectivity index (χ3v) is 7.16. The summed E-state index contributed by atoms with van der Waals surface area (Å²) in [6.45, 7) is 7.51. The molecule has 1 saturated heterocycles. The van der Waals surface area contributed by atoms with E-state index in [1.807, 2.05) is 0 Å². The van der Waals surface area contributed by atoms with Crippen LogP contribution in [0.3, 0.4) is 0 Å². The molecule has 0 saturated carbocycles. The molecule has 0 unspecified atom stereocenters. The molecule has 0 aliphatic carbocycles. The summed E-state index contributed by atoms with van der Waals surface area (Å²) in [5.74, 6) is -1.70. The summed E-state index contributed by atoms with van der Waals surface area (Å²) in [5.41, 5.74) is -1.80. The van der Waals surface area contributed by atoms with E-state index in [4.69, 9.17) is 16.3 Å². The molecule has 4 heterocycles. The number of fused-ring (bicyclic) bond motifs is 1. The van der Waals surface area contributed by atoms with Crippen molar-refractivity contribution < 1.29 is 23.1 Å². The number of nitrogens with one attached hydrogen (secondary N) is 1. The Kier molecular flexibility index (Phi) is 6.70. The Bertz CT molecular complexity index is 1440. The standard InChI is InChI=1S/C28H28ClF2N5O3/c1-27(2,3)39-26(38)35-13-16(14-35)34-24-23(31)21-17(12-33-24)25(37)36(20-10-5-6-11-32-20)15-28(21,4)18-8-7-9-19(29)22(18)30/h5-12,16H,13-15H2,1-4H3,(H,33,34)/t28-/m1/s1. The number of likely N-dealkylation sites (tertiary alicyclic amines) is 1. The van der Waals surface area contributed by atoms with Gasteiger partial charge in [0.15, 0.2) is 11.6 Å². The molecule has 1 fully saturated rings. The Hall–Kier alpha value is -3.79. The highest BCUT2D eigenvalue weighted by molar-refractivity contribution is 6.30. The van der Waals surface area contributed by atoms with Crippen LogP contribution in [0.2, 0.25) is 5.02 Å². The van der Waals surface area contributed by atoms with Crippen molar-refractivity contribution in [2.45, 2.75) is 44.8 Å². The van der Waals surface area contributed by atoms with E-state index in [1.54, 1.807) is 58.2 Å². The van der Waals surface area contributed by atoms with Crippen molar-refractivity contribution in [3.63, 3.8) is 0 Å². The molecule has 2 aromatic heterocycles. The van der Waals surface area contributed by atoms with Crippen LogP contribution >= 0.6 is 11.6 Å². The number of anilines is 2. The predicted octanol–water partition coefficient (Wildman–Crippen LogP) is 5.41. The fourth-order valence-corrected chi connectivity index (χ4v) is 5.16. The number of aromatic nitrogens is 2. The van der Waals surface area contributed by atoms with Crippen molar-refractivity contribution in [2.75, 3.05) is 29.9 Å². The van der Waals surface area contributed by atoms with E-state index in [1.165, 1.54) is 28.1 Å². The lowest BCUT2D eigenvalue weighted by Gasteiger charge is -2.43. The highest BCUT2D eigenvalue weighted by Crippen LogP contribution is 2.44. The Morgan fingerprint density at radius 1 is 1.13 bits per heavy atom. The normalized spacial score (nSPS) is 19.4. The molecule has 0 spiro atoms. The minimum absolute atomic E-state index is 0.000759. The molecular weight excluding hydrogens is 528 g/mol. The molecule has 11 heteroatoms. The van der Waals surface area contributed by atoms with Crippen molar-refractivity contribution >= 4 is 35.2 Å². The number of carbonyl (C=O) groups excluding carboxylic acids is 2. The van der Waals surface area contributed by atoms with Gasteiger partial charge in [-0.1, -0.05) is 29.8 Å². The van der Waals surface area contributed by atoms with Crippen molar-refractivity contribution in [1.82, 2.24) is 14.9 Å². The minimum Gasteiger partial charge on any atom is -0.444 e. The second-order valence-corrected chi connectivity index (χ2v) is 11.4. The van der Waals surface area contributed by atoms with Gasteiger partial charge in [0, 0.05) is 48.6 Å². The van der Waals surface area contributed by atoms with Crippen LogP contribution in [0.5, 0.6) is 0 Å². The van der Waals surface area contributed by atoms with E-state index in [2.05, 4.69) is 15.3 Å². The number of benzene rings is 1. The Morgan fingerprint density at radius 2 is 1.87 bits per heavy atom. The number of pyridine rings is 2. The van der Waals surface area contributed by atoms with Crippen LogP contribution in [-0.4, -0.2) is 58.1 Å². The highest BCUT2D eigenvalue weighted by atomic mass is 35.5. The summed E-state index contributed by atoms with van der Waals surface area (Å²) >= 11 is 6.12. The van der Waals surface area contributed by atoms with E-state index >= 15 is 8.78 Å². The average molecular weight is 556 g/mol. The summed E-state index contributed by atoms with van der Waals surface area (Å²) in [7, 11) is 0. The Labute approximate surface area is 229 Å². The van der Waals surface area contributed by atoms with Crippen molar-refractivity contribution in [2.24, 2.45) is 0 Å². The molecule has 39 heavy (non-hydrogen) atoms. The minimum atomic E-state index is -1.33. The number of hydrogen-bond acceptors (Lipinski definition) is 6. The van der Waals surface area contributed by atoms with Gasteiger partial charge in [-0.25, -0.2) is 23.5 Å². The zero-order chi connectivity index (χ0) is 28.1. The first-order valence-corrected chi connectivity index (χ1v) is 12.9.